The highest BCUT2D eigenvalue weighted by molar-refractivity contribution is 5.30. The van der Waals surface area contributed by atoms with E-state index in [0.29, 0.717) is 6.42 Å². The van der Waals surface area contributed by atoms with Gasteiger partial charge in [0.2, 0.25) is 0 Å². The maximum atomic E-state index is 9.99. The van der Waals surface area contributed by atoms with E-state index >= 15 is 0 Å². The summed E-state index contributed by atoms with van der Waals surface area (Å²) in [5, 5.41) is 28.4. The van der Waals surface area contributed by atoms with Gasteiger partial charge in [0.05, 0.1) is 12.7 Å². The van der Waals surface area contributed by atoms with Gasteiger partial charge in [-0.1, -0.05) is 12.2 Å². The molecule has 0 aliphatic heterocycles. The van der Waals surface area contributed by atoms with Crippen molar-refractivity contribution < 1.29 is 15.3 Å². The van der Waals surface area contributed by atoms with E-state index < -0.39 is 11.7 Å². The molecular weight excluding hydrogens is 168 g/mol. The fraction of sp³-hybridized carbons (Fsp3) is 0.600. The summed E-state index contributed by atoms with van der Waals surface area (Å²) in [4.78, 5) is 0. The number of rotatable bonds is 2. The van der Waals surface area contributed by atoms with Crippen molar-refractivity contribution in [1.82, 2.24) is 0 Å². The molecule has 13 heavy (non-hydrogen) atoms. The van der Waals surface area contributed by atoms with Crippen LogP contribution in [-0.2, 0) is 0 Å². The van der Waals surface area contributed by atoms with Crippen LogP contribution in [0.5, 0.6) is 0 Å². The summed E-state index contributed by atoms with van der Waals surface area (Å²) in [6.07, 6.45) is 2.02. The second-order valence-corrected chi connectivity index (χ2v) is 3.63. The molecule has 3 nitrogen and oxygen atoms in total. The third kappa shape index (κ3) is 1.82. The summed E-state index contributed by atoms with van der Waals surface area (Å²) in [6.45, 7) is 5.13. The largest absolute Gasteiger partial charge is 0.392 e. The van der Waals surface area contributed by atoms with E-state index in [0.717, 1.165) is 12.0 Å². The van der Waals surface area contributed by atoms with Gasteiger partial charge in [0.25, 0.3) is 0 Å². The fourth-order valence-corrected chi connectivity index (χ4v) is 1.59. The Labute approximate surface area is 78.0 Å². The maximum Gasteiger partial charge on any atom is 0.132 e. The van der Waals surface area contributed by atoms with E-state index in [9.17, 15) is 10.2 Å². The Morgan fingerprint density at radius 2 is 2.38 bits per heavy atom. The molecule has 0 unspecified atom stereocenters. The highest BCUT2D eigenvalue weighted by atomic mass is 16.3. The van der Waals surface area contributed by atoms with E-state index in [1.165, 1.54) is 0 Å². The zero-order valence-electron chi connectivity index (χ0n) is 7.82. The molecule has 2 atom stereocenters. The van der Waals surface area contributed by atoms with Gasteiger partial charge in [-0.15, -0.1) is 0 Å². The topological polar surface area (TPSA) is 60.7 Å². The molecule has 0 aromatic heterocycles. The molecule has 3 N–H and O–H groups in total. The maximum absolute atomic E-state index is 9.99. The number of hydrogen-bond donors (Lipinski definition) is 3. The van der Waals surface area contributed by atoms with E-state index in [-0.39, 0.29) is 12.2 Å². The molecule has 0 amide bonds. The number of aliphatic hydroxyl groups is 3. The van der Waals surface area contributed by atoms with Crippen LogP contribution in [0.15, 0.2) is 23.8 Å². The highest BCUT2D eigenvalue weighted by Crippen LogP contribution is 2.31. The SMILES string of the molecule is C=C(CO)[C@@]1(O)C=C(C)CC[C@@H]1O. The first-order valence-electron chi connectivity index (χ1n) is 4.38. The first-order valence-corrected chi connectivity index (χ1v) is 4.38. The molecule has 0 bridgehead atoms. The molecule has 0 fully saturated rings. The standard InChI is InChI=1S/C10H16O3/c1-7-3-4-9(12)10(13,5-7)8(2)6-11/h5,9,11-13H,2-4,6H2,1H3/t9-,10-/m0/s1. The van der Waals surface area contributed by atoms with Crippen molar-refractivity contribution in [3.8, 4) is 0 Å². The van der Waals surface area contributed by atoms with Gasteiger partial charge in [0, 0.05) is 0 Å². The Hall–Kier alpha value is -0.640. The quantitative estimate of drug-likeness (QED) is 0.543. The van der Waals surface area contributed by atoms with Crippen molar-refractivity contribution in [3.63, 3.8) is 0 Å². The molecule has 74 valence electrons. The molecule has 0 saturated carbocycles. The first kappa shape index (κ1) is 10.4. The summed E-state index contributed by atoms with van der Waals surface area (Å²) < 4.78 is 0. The average molecular weight is 184 g/mol. The molecule has 0 aromatic carbocycles. The van der Waals surface area contributed by atoms with Crippen molar-refractivity contribution in [2.24, 2.45) is 0 Å². The average Bonchev–Trinajstić information content (AvgIpc) is 2.10. The molecule has 1 rings (SSSR count). The fourth-order valence-electron chi connectivity index (χ4n) is 1.59. The van der Waals surface area contributed by atoms with Crippen LogP contribution >= 0.6 is 0 Å². The lowest BCUT2D eigenvalue weighted by molar-refractivity contribution is -0.0284. The smallest absolute Gasteiger partial charge is 0.132 e. The minimum atomic E-state index is -1.43. The Balaban J connectivity index is 2.97. The number of aliphatic hydroxyl groups excluding tert-OH is 2. The second kappa shape index (κ2) is 3.62. The summed E-state index contributed by atoms with van der Waals surface area (Å²) >= 11 is 0. The van der Waals surface area contributed by atoms with E-state index in [4.69, 9.17) is 5.11 Å². The number of allylic oxidation sites excluding steroid dienone is 1. The van der Waals surface area contributed by atoms with E-state index in [2.05, 4.69) is 6.58 Å². The second-order valence-electron chi connectivity index (χ2n) is 3.63. The summed E-state index contributed by atoms with van der Waals surface area (Å²) in [7, 11) is 0. The molecule has 3 heteroatoms. The molecule has 1 aliphatic rings. The van der Waals surface area contributed by atoms with Gasteiger partial charge >= 0.3 is 0 Å². The lowest BCUT2D eigenvalue weighted by Gasteiger charge is -2.35. The van der Waals surface area contributed by atoms with Crippen LogP contribution < -0.4 is 0 Å². The Morgan fingerprint density at radius 3 is 2.92 bits per heavy atom. The lowest BCUT2D eigenvalue weighted by atomic mass is 9.80. The molecule has 0 radical (unpaired) electrons. The van der Waals surface area contributed by atoms with Gasteiger partial charge in [0.15, 0.2) is 0 Å². The Bertz CT molecular complexity index is 245. The zero-order valence-corrected chi connectivity index (χ0v) is 7.82. The van der Waals surface area contributed by atoms with Gasteiger partial charge < -0.3 is 15.3 Å². The van der Waals surface area contributed by atoms with Gasteiger partial charge in [-0.25, -0.2) is 0 Å². The van der Waals surface area contributed by atoms with Crippen LogP contribution in [0.3, 0.4) is 0 Å². The Kier molecular flexibility index (Phi) is 2.91. The molecule has 0 saturated heterocycles. The van der Waals surface area contributed by atoms with Crippen molar-refractivity contribution in [3.05, 3.63) is 23.8 Å². The van der Waals surface area contributed by atoms with Gasteiger partial charge in [-0.3, -0.25) is 0 Å². The van der Waals surface area contributed by atoms with Crippen LogP contribution in [0.1, 0.15) is 19.8 Å². The van der Waals surface area contributed by atoms with Gasteiger partial charge in [-0.2, -0.15) is 0 Å². The molecule has 0 aromatic rings. The van der Waals surface area contributed by atoms with Crippen LogP contribution in [0, 0.1) is 0 Å². The zero-order chi connectivity index (χ0) is 10.1. The third-order valence-corrected chi connectivity index (χ3v) is 2.54. The van der Waals surface area contributed by atoms with E-state index in [1.807, 2.05) is 6.92 Å². The Morgan fingerprint density at radius 1 is 1.77 bits per heavy atom. The molecular formula is C10H16O3. The first-order chi connectivity index (χ1) is 6.00. The third-order valence-electron chi connectivity index (χ3n) is 2.54. The molecule has 0 heterocycles. The number of hydrogen-bond acceptors (Lipinski definition) is 3. The minimum Gasteiger partial charge on any atom is -0.392 e. The van der Waals surface area contributed by atoms with Crippen molar-refractivity contribution in [1.29, 1.82) is 0 Å². The normalized spacial score (nSPS) is 34.2. The van der Waals surface area contributed by atoms with E-state index in [1.54, 1.807) is 6.08 Å². The predicted molar refractivity (Wildman–Crippen MR) is 50.2 cm³/mol. The highest BCUT2D eigenvalue weighted by Gasteiger charge is 2.38. The molecule has 1 aliphatic carbocycles. The predicted octanol–water partition coefficient (Wildman–Crippen LogP) is 0.367. The van der Waals surface area contributed by atoms with Crippen LogP contribution in [0.25, 0.3) is 0 Å². The lowest BCUT2D eigenvalue weighted by Crippen LogP contribution is -2.45. The van der Waals surface area contributed by atoms with Gasteiger partial charge in [0.1, 0.15) is 5.60 Å². The van der Waals surface area contributed by atoms with Crippen molar-refractivity contribution in [2.75, 3.05) is 6.61 Å². The van der Waals surface area contributed by atoms with Crippen molar-refractivity contribution >= 4 is 0 Å². The summed E-state index contributed by atoms with van der Waals surface area (Å²) in [5.74, 6) is 0. The monoisotopic (exact) mass is 184 g/mol. The molecule has 0 spiro atoms. The summed E-state index contributed by atoms with van der Waals surface area (Å²) in [5.41, 5.74) is -0.168. The summed E-state index contributed by atoms with van der Waals surface area (Å²) in [6, 6.07) is 0. The van der Waals surface area contributed by atoms with Gasteiger partial charge in [-0.05, 0) is 31.4 Å². The minimum absolute atomic E-state index is 0.249. The van der Waals surface area contributed by atoms with Crippen LogP contribution in [-0.4, -0.2) is 33.6 Å². The van der Waals surface area contributed by atoms with Crippen molar-refractivity contribution in [2.45, 2.75) is 31.5 Å². The van der Waals surface area contributed by atoms with Crippen LogP contribution in [0.2, 0.25) is 0 Å². The van der Waals surface area contributed by atoms with Crippen LogP contribution in [0.4, 0.5) is 0 Å².